The van der Waals surface area contributed by atoms with Crippen LogP contribution in [0, 0.1) is 0 Å². The standard InChI is InChI=1S/C20H25N3O4S/c1-3-5-8-11-27-19(26)15-9-6-7-10-16(15)22-18(25)13-28-20-21-14(4-2)12-17(24)23-20/h6-7,9-10,12H,3-5,8,11,13H2,1-2H3,(H,22,25)(H,21,23,24). The van der Waals surface area contributed by atoms with Crippen molar-refractivity contribution in [1.29, 1.82) is 0 Å². The third kappa shape index (κ3) is 6.84. The van der Waals surface area contributed by atoms with Crippen LogP contribution in [-0.4, -0.2) is 34.2 Å². The zero-order chi connectivity index (χ0) is 20.4. The van der Waals surface area contributed by atoms with Gasteiger partial charge in [0, 0.05) is 11.8 Å². The third-order valence-corrected chi connectivity index (χ3v) is 4.75. The molecule has 150 valence electrons. The predicted molar refractivity (Wildman–Crippen MR) is 110 cm³/mol. The molecule has 0 spiro atoms. The fourth-order valence-corrected chi connectivity index (χ4v) is 3.11. The highest BCUT2D eigenvalue weighted by atomic mass is 32.2. The summed E-state index contributed by atoms with van der Waals surface area (Å²) in [5.41, 5.74) is 1.14. The number of aromatic nitrogens is 2. The first-order valence-corrected chi connectivity index (χ1v) is 10.3. The Balaban J connectivity index is 1.96. The van der Waals surface area contributed by atoms with Crippen molar-refractivity contribution in [3.05, 3.63) is 51.9 Å². The summed E-state index contributed by atoms with van der Waals surface area (Å²) in [6.45, 7) is 4.34. The largest absolute Gasteiger partial charge is 0.462 e. The number of hydrogen-bond donors (Lipinski definition) is 2. The molecule has 0 fully saturated rings. The summed E-state index contributed by atoms with van der Waals surface area (Å²) in [6, 6.07) is 8.17. The molecule has 0 saturated heterocycles. The maximum Gasteiger partial charge on any atom is 0.340 e. The van der Waals surface area contributed by atoms with E-state index in [1.165, 1.54) is 6.07 Å². The van der Waals surface area contributed by atoms with Gasteiger partial charge in [-0.25, -0.2) is 9.78 Å². The lowest BCUT2D eigenvalue weighted by atomic mass is 10.2. The summed E-state index contributed by atoms with van der Waals surface area (Å²) in [5, 5.41) is 3.12. The molecule has 0 aliphatic carbocycles. The van der Waals surface area contributed by atoms with Crippen molar-refractivity contribution in [1.82, 2.24) is 9.97 Å². The highest BCUT2D eigenvalue weighted by Crippen LogP contribution is 2.18. The molecule has 1 aromatic carbocycles. The van der Waals surface area contributed by atoms with Crippen LogP contribution in [0.1, 0.15) is 49.2 Å². The Kier molecular flexibility index (Phi) is 8.74. The van der Waals surface area contributed by atoms with E-state index in [4.69, 9.17) is 4.74 Å². The van der Waals surface area contributed by atoms with Gasteiger partial charge in [-0.1, -0.05) is 50.6 Å². The summed E-state index contributed by atoms with van der Waals surface area (Å²) in [7, 11) is 0. The van der Waals surface area contributed by atoms with E-state index in [9.17, 15) is 14.4 Å². The number of thioether (sulfide) groups is 1. The van der Waals surface area contributed by atoms with Crippen molar-refractivity contribution in [3.63, 3.8) is 0 Å². The van der Waals surface area contributed by atoms with Gasteiger partial charge in [0.2, 0.25) is 5.91 Å². The van der Waals surface area contributed by atoms with Crippen LogP contribution in [0.3, 0.4) is 0 Å². The lowest BCUT2D eigenvalue weighted by Gasteiger charge is -2.11. The van der Waals surface area contributed by atoms with Gasteiger partial charge in [0.1, 0.15) is 0 Å². The first kappa shape index (κ1) is 21.7. The molecule has 0 bridgehead atoms. The predicted octanol–water partition coefficient (Wildman–Crippen LogP) is 3.41. The number of H-pyrrole nitrogens is 1. The average molecular weight is 404 g/mol. The summed E-state index contributed by atoms with van der Waals surface area (Å²) < 4.78 is 5.28. The van der Waals surface area contributed by atoms with Gasteiger partial charge < -0.3 is 15.0 Å². The number of carbonyl (C=O) groups is 2. The Morgan fingerprint density at radius 3 is 2.75 bits per heavy atom. The molecule has 8 heteroatoms. The highest BCUT2D eigenvalue weighted by Gasteiger charge is 2.15. The summed E-state index contributed by atoms with van der Waals surface area (Å²) >= 11 is 1.13. The van der Waals surface area contributed by atoms with E-state index in [2.05, 4.69) is 22.2 Å². The maximum atomic E-state index is 12.3. The van der Waals surface area contributed by atoms with Gasteiger partial charge in [-0.15, -0.1) is 0 Å². The van der Waals surface area contributed by atoms with Gasteiger partial charge >= 0.3 is 5.97 Å². The van der Waals surface area contributed by atoms with Gasteiger partial charge in [-0.05, 0) is 25.0 Å². The number of rotatable bonds is 10. The number of nitrogens with one attached hydrogen (secondary N) is 2. The second-order valence-electron chi connectivity index (χ2n) is 6.12. The van der Waals surface area contributed by atoms with Gasteiger partial charge in [0.25, 0.3) is 5.56 Å². The number of aryl methyl sites for hydroxylation is 1. The Bertz CT molecular complexity index is 867. The normalized spacial score (nSPS) is 10.5. The number of para-hydroxylation sites is 1. The molecular formula is C20H25N3O4S. The van der Waals surface area contributed by atoms with Gasteiger partial charge in [0.05, 0.1) is 23.6 Å². The SMILES string of the molecule is CCCCCOC(=O)c1ccccc1NC(=O)CSc1nc(CC)cc(=O)[nH]1. The van der Waals surface area contributed by atoms with Crippen LogP contribution in [0.4, 0.5) is 5.69 Å². The molecule has 2 N–H and O–H groups in total. The highest BCUT2D eigenvalue weighted by molar-refractivity contribution is 7.99. The number of hydrogen-bond acceptors (Lipinski definition) is 6. The lowest BCUT2D eigenvalue weighted by Crippen LogP contribution is -2.18. The molecule has 7 nitrogen and oxygen atoms in total. The second kappa shape index (κ2) is 11.3. The molecular weight excluding hydrogens is 378 g/mol. The molecule has 1 amide bonds. The molecule has 2 rings (SSSR count). The van der Waals surface area contributed by atoms with Gasteiger partial charge in [-0.2, -0.15) is 0 Å². The Morgan fingerprint density at radius 1 is 1.21 bits per heavy atom. The topological polar surface area (TPSA) is 101 Å². The van der Waals surface area contributed by atoms with E-state index in [0.717, 1.165) is 31.0 Å². The number of unbranched alkanes of at least 4 members (excludes halogenated alkanes) is 2. The number of carbonyl (C=O) groups excluding carboxylic acids is 2. The number of ether oxygens (including phenoxy) is 1. The number of benzene rings is 1. The number of esters is 1. The minimum Gasteiger partial charge on any atom is -0.462 e. The third-order valence-electron chi connectivity index (χ3n) is 3.88. The van der Waals surface area contributed by atoms with Crippen molar-refractivity contribution < 1.29 is 14.3 Å². The van der Waals surface area contributed by atoms with Crippen molar-refractivity contribution >= 4 is 29.3 Å². The monoisotopic (exact) mass is 403 g/mol. The molecule has 28 heavy (non-hydrogen) atoms. The number of anilines is 1. The van der Waals surface area contributed by atoms with Crippen molar-refractivity contribution in [2.24, 2.45) is 0 Å². The van der Waals surface area contributed by atoms with E-state index in [1.54, 1.807) is 24.3 Å². The number of amides is 1. The molecule has 0 aliphatic heterocycles. The van der Waals surface area contributed by atoms with E-state index in [0.29, 0.717) is 35.1 Å². The Labute approximate surface area is 168 Å². The maximum absolute atomic E-state index is 12.3. The van der Waals surface area contributed by atoms with E-state index >= 15 is 0 Å². The zero-order valence-corrected chi connectivity index (χ0v) is 16.9. The molecule has 0 aliphatic rings. The van der Waals surface area contributed by atoms with Crippen LogP contribution in [0.15, 0.2) is 40.3 Å². The zero-order valence-electron chi connectivity index (χ0n) is 16.1. The van der Waals surface area contributed by atoms with E-state index in [-0.39, 0.29) is 17.2 Å². The smallest absolute Gasteiger partial charge is 0.340 e. The molecule has 2 aromatic rings. The first-order chi connectivity index (χ1) is 13.5. The van der Waals surface area contributed by atoms with Gasteiger partial charge in [0.15, 0.2) is 5.16 Å². The summed E-state index contributed by atoms with van der Waals surface area (Å²) in [4.78, 5) is 43.0. The van der Waals surface area contributed by atoms with Crippen LogP contribution in [0.2, 0.25) is 0 Å². The van der Waals surface area contributed by atoms with Gasteiger partial charge in [-0.3, -0.25) is 9.59 Å². The van der Waals surface area contributed by atoms with E-state index < -0.39 is 5.97 Å². The summed E-state index contributed by atoms with van der Waals surface area (Å²) in [6.07, 6.45) is 3.49. The second-order valence-corrected chi connectivity index (χ2v) is 7.08. The van der Waals surface area contributed by atoms with Crippen LogP contribution in [0.5, 0.6) is 0 Å². The van der Waals surface area contributed by atoms with Crippen LogP contribution in [-0.2, 0) is 16.0 Å². The van der Waals surface area contributed by atoms with Crippen molar-refractivity contribution in [2.45, 2.75) is 44.7 Å². The fourth-order valence-electron chi connectivity index (χ4n) is 2.42. The van der Waals surface area contributed by atoms with Crippen molar-refractivity contribution in [3.8, 4) is 0 Å². The Morgan fingerprint density at radius 2 is 2.00 bits per heavy atom. The molecule has 0 atom stereocenters. The van der Waals surface area contributed by atoms with Crippen LogP contribution in [0.25, 0.3) is 0 Å². The molecule has 1 aromatic heterocycles. The molecule has 0 radical (unpaired) electrons. The molecule has 1 heterocycles. The average Bonchev–Trinajstić information content (AvgIpc) is 2.69. The quantitative estimate of drug-likeness (QED) is 0.273. The minimum absolute atomic E-state index is 0.0516. The van der Waals surface area contributed by atoms with E-state index in [1.807, 2.05) is 6.92 Å². The number of aromatic amines is 1. The van der Waals surface area contributed by atoms with Crippen LogP contribution >= 0.6 is 11.8 Å². The fraction of sp³-hybridized carbons (Fsp3) is 0.400. The number of nitrogens with zero attached hydrogens (tertiary/aromatic N) is 1. The minimum atomic E-state index is -0.457. The molecule has 0 unspecified atom stereocenters. The first-order valence-electron chi connectivity index (χ1n) is 9.32. The summed E-state index contributed by atoms with van der Waals surface area (Å²) in [5.74, 6) is -0.710. The Hall–Kier alpha value is -2.61. The lowest BCUT2D eigenvalue weighted by molar-refractivity contribution is -0.113. The van der Waals surface area contributed by atoms with Crippen LogP contribution < -0.4 is 10.9 Å². The molecule has 0 saturated carbocycles. The van der Waals surface area contributed by atoms with Crippen molar-refractivity contribution in [2.75, 3.05) is 17.7 Å².